The molecule has 1 amide bonds. The molecule has 2 aromatic heterocycles. The van der Waals surface area contributed by atoms with E-state index in [1.54, 1.807) is 36.4 Å². The van der Waals surface area contributed by atoms with Crippen molar-refractivity contribution in [3.05, 3.63) is 74.9 Å². The van der Waals surface area contributed by atoms with E-state index < -0.39 is 17.7 Å². The number of carbonyl (C=O) groups excluding carboxylic acids is 2. The summed E-state index contributed by atoms with van der Waals surface area (Å²) in [6, 6.07) is 13.0. The minimum absolute atomic E-state index is 0.00131. The average molecular weight is 511 g/mol. The molecular weight excluding hydrogens is 496 g/mol. The molecule has 10 heteroatoms. The van der Waals surface area contributed by atoms with Crippen molar-refractivity contribution in [2.45, 2.75) is 6.04 Å². The number of rotatable bonds is 3. The molecule has 7 nitrogen and oxygen atoms in total. The highest BCUT2D eigenvalue weighted by atomic mass is 35.5. The number of hydrogen-bond acceptors (Lipinski definition) is 8. The SMILES string of the molecule is O=C1C(=O)N(c2nc3ccc(Cl)cc3s2)C(c2cccs2)C1=C(O)c1ccc2c(c1)OCCO2. The molecule has 0 radical (unpaired) electrons. The first kappa shape index (κ1) is 21.2. The van der Waals surface area contributed by atoms with Crippen molar-refractivity contribution in [1.29, 1.82) is 0 Å². The van der Waals surface area contributed by atoms with Crippen LogP contribution in [0.2, 0.25) is 5.02 Å². The molecule has 1 saturated heterocycles. The van der Waals surface area contributed by atoms with E-state index in [2.05, 4.69) is 4.98 Å². The lowest BCUT2D eigenvalue weighted by atomic mass is 9.99. The molecule has 6 rings (SSSR count). The molecule has 4 aromatic rings. The molecule has 1 fully saturated rings. The van der Waals surface area contributed by atoms with E-state index in [1.807, 2.05) is 17.5 Å². The molecule has 4 heterocycles. The number of ether oxygens (including phenoxy) is 2. The number of thiazole rings is 1. The fraction of sp³-hybridized carbons (Fsp3) is 0.125. The summed E-state index contributed by atoms with van der Waals surface area (Å²) >= 11 is 8.77. The summed E-state index contributed by atoms with van der Waals surface area (Å²) in [7, 11) is 0. The predicted octanol–water partition coefficient (Wildman–Crippen LogP) is 5.41. The number of benzene rings is 2. The molecular formula is C24H15ClN2O5S2. The number of thiophene rings is 1. The summed E-state index contributed by atoms with van der Waals surface area (Å²) in [4.78, 5) is 33.2. The molecule has 2 aliphatic rings. The Labute approximate surface area is 206 Å². The van der Waals surface area contributed by atoms with E-state index in [0.717, 1.165) is 9.58 Å². The summed E-state index contributed by atoms with van der Waals surface area (Å²) in [6.45, 7) is 0.827. The molecule has 1 unspecified atom stereocenters. The maximum Gasteiger partial charge on any atom is 0.301 e. The van der Waals surface area contributed by atoms with E-state index in [0.29, 0.717) is 45.9 Å². The van der Waals surface area contributed by atoms with Gasteiger partial charge in [0.1, 0.15) is 25.0 Å². The lowest BCUT2D eigenvalue weighted by Crippen LogP contribution is -2.28. The Kier molecular flexibility index (Phi) is 5.05. The monoisotopic (exact) mass is 510 g/mol. The zero-order valence-electron chi connectivity index (χ0n) is 17.4. The Bertz CT molecular complexity index is 1490. The van der Waals surface area contributed by atoms with Crippen molar-refractivity contribution < 1.29 is 24.2 Å². The number of fused-ring (bicyclic) bond motifs is 2. The van der Waals surface area contributed by atoms with Crippen LogP contribution in [-0.4, -0.2) is 35.0 Å². The maximum atomic E-state index is 13.3. The molecule has 0 saturated carbocycles. The van der Waals surface area contributed by atoms with Crippen LogP contribution in [0.3, 0.4) is 0 Å². The van der Waals surface area contributed by atoms with Gasteiger partial charge in [0, 0.05) is 15.5 Å². The van der Waals surface area contributed by atoms with Crippen LogP contribution in [0, 0.1) is 0 Å². The molecule has 1 atom stereocenters. The Balaban J connectivity index is 1.52. The van der Waals surface area contributed by atoms with Crippen molar-refractivity contribution in [3.63, 3.8) is 0 Å². The van der Waals surface area contributed by atoms with Gasteiger partial charge in [-0.05, 0) is 47.8 Å². The second-order valence-electron chi connectivity index (χ2n) is 7.65. The maximum absolute atomic E-state index is 13.3. The van der Waals surface area contributed by atoms with Crippen molar-refractivity contribution >= 4 is 67.1 Å². The van der Waals surface area contributed by atoms with Gasteiger partial charge in [-0.3, -0.25) is 14.5 Å². The van der Waals surface area contributed by atoms with Crippen molar-refractivity contribution in [2.75, 3.05) is 18.1 Å². The third kappa shape index (κ3) is 3.35. The number of ketones is 1. The fourth-order valence-corrected chi connectivity index (χ4v) is 6.17. The number of aliphatic hydroxyl groups is 1. The number of amides is 1. The fourth-order valence-electron chi connectivity index (χ4n) is 4.08. The van der Waals surface area contributed by atoms with Gasteiger partial charge in [-0.2, -0.15) is 0 Å². The zero-order valence-corrected chi connectivity index (χ0v) is 19.7. The van der Waals surface area contributed by atoms with Gasteiger partial charge < -0.3 is 14.6 Å². The van der Waals surface area contributed by atoms with Gasteiger partial charge in [0.05, 0.1) is 15.8 Å². The summed E-state index contributed by atoms with van der Waals surface area (Å²) in [5.41, 5.74) is 1.03. The third-order valence-electron chi connectivity index (χ3n) is 5.62. The summed E-state index contributed by atoms with van der Waals surface area (Å²) in [5.74, 6) is -0.766. The highest BCUT2D eigenvalue weighted by Crippen LogP contribution is 2.46. The second-order valence-corrected chi connectivity index (χ2v) is 10.1. The van der Waals surface area contributed by atoms with Crippen molar-refractivity contribution in [3.8, 4) is 11.5 Å². The second kappa shape index (κ2) is 8.12. The van der Waals surface area contributed by atoms with Gasteiger partial charge in [-0.15, -0.1) is 11.3 Å². The number of Topliss-reactive ketones (excluding diaryl/α,β-unsaturated/α-hetero) is 1. The average Bonchev–Trinajstić information content (AvgIpc) is 3.57. The van der Waals surface area contributed by atoms with Gasteiger partial charge in [0.25, 0.3) is 5.78 Å². The quantitative estimate of drug-likeness (QED) is 0.225. The van der Waals surface area contributed by atoms with E-state index in [1.165, 1.54) is 27.6 Å². The van der Waals surface area contributed by atoms with Gasteiger partial charge in [-0.1, -0.05) is 29.0 Å². The van der Waals surface area contributed by atoms with E-state index in [9.17, 15) is 14.7 Å². The van der Waals surface area contributed by atoms with Crippen LogP contribution in [0.15, 0.2) is 59.5 Å². The highest BCUT2D eigenvalue weighted by Gasteiger charge is 2.48. The number of aliphatic hydroxyl groups excluding tert-OH is 1. The molecule has 0 bridgehead atoms. The number of anilines is 1. The third-order valence-corrected chi connectivity index (χ3v) is 7.80. The first-order valence-corrected chi connectivity index (χ1v) is 12.4. The zero-order chi connectivity index (χ0) is 23.4. The Hall–Kier alpha value is -3.40. The first-order chi connectivity index (χ1) is 16.5. The number of halogens is 1. The number of hydrogen-bond donors (Lipinski definition) is 1. The smallest absolute Gasteiger partial charge is 0.301 e. The van der Waals surface area contributed by atoms with Crippen molar-refractivity contribution in [2.24, 2.45) is 0 Å². The topological polar surface area (TPSA) is 89.0 Å². The molecule has 34 heavy (non-hydrogen) atoms. The normalized spacial score (nSPS) is 19.2. The van der Waals surface area contributed by atoms with Gasteiger partial charge in [0.15, 0.2) is 16.6 Å². The summed E-state index contributed by atoms with van der Waals surface area (Å²) < 4.78 is 12.0. The first-order valence-electron chi connectivity index (χ1n) is 10.3. The molecule has 2 aliphatic heterocycles. The van der Waals surface area contributed by atoms with Crippen LogP contribution in [0.4, 0.5) is 5.13 Å². The molecule has 0 spiro atoms. The van der Waals surface area contributed by atoms with E-state index >= 15 is 0 Å². The largest absolute Gasteiger partial charge is 0.507 e. The standard InChI is InChI=1S/C24H15ClN2O5S2/c25-13-4-5-14-18(11-13)34-24(26-14)27-20(17-2-1-9-33-17)19(22(29)23(27)30)21(28)12-3-6-15-16(10-12)32-8-7-31-15/h1-6,9-11,20,28H,7-8H2. The van der Waals surface area contributed by atoms with Crippen LogP contribution < -0.4 is 14.4 Å². The van der Waals surface area contributed by atoms with E-state index in [4.69, 9.17) is 21.1 Å². The predicted molar refractivity (Wildman–Crippen MR) is 131 cm³/mol. The van der Waals surface area contributed by atoms with Gasteiger partial charge in [0.2, 0.25) is 0 Å². The molecule has 1 N–H and O–H groups in total. The highest BCUT2D eigenvalue weighted by molar-refractivity contribution is 7.22. The lowest BCUT2D eigenvalue weighted by molar-refractivity contribution is -0.132. The molecule has 2 aromatic carbocycles. The van der Waals surface area contributed by atoms with Crippen LogP contribution >= 0.6 is 34.3 Å². The van der Waals surface area contributed by atoms with E-state index in [-0.39, 0.29) is 11.3 Å². The Morgan fingerprint density at radius 3 is 2.71 bits per heavy atom. The number of carbonyl (C=O) groups is 2. The Morgan fingerprint density at radius 2 is 1.91 bits per heavy atom. The number of nitrogens with zero attached hydrogens (tertiary/aromatic N) is 2. The minimum Gasteiger partial charge on any atom is -0.507 e. The lowest BCUT2D eigenvalue weighted by Gasteiger charge is -2.22. The van der Waals surface area contributed by atoms with Crippen LogP contribution in [0.1, 0.15) is 16.5 Å². The van der Waals surface area contributed by atoms with Crippen LogP contribution in [0.5, 0.6) is 11.5 Å². The van der Waals surface area contributed by atoms with Crippen LogP contribution in [0.25, 0.3) is 16.0 Å². The molecule has 170 valence electrons. The van der Waals surface area contributed by atoms with Crippen molar-refractivity contribution in [1.82, 2.24) is 4.98 Å². The van der Waals surface area contributed by atoms with Crippen LogP contribution in [-0.2, 0) is 9.59 Å². The summed E-state index contributed by atoms with van der Waals surface area (Å²) in [6.07, 6.45) is 0. The summed E-state index contributed by atoms with van der Waals surface area (Å²) in [5, 5.41) is 14.0. The number of aromatic nitrogens is 1. The molecule has 0 aliphatic carbocycles. The van der Waals surface area contributed by atoms with Gasteiger partial charge in [-0.25, -0.2) is 4.98 Å². The minimum atomic E-state index is -0.816. The Morgan fingerprint density at radius 1 is 1.09 bits per heavy atom. The van der Waals surface area contributed by atoms with Gasteiger partial charge >= 0.3 is 5.91 Å².